The summed E-state index contributed by atoms with van der Waals surface area (Å²) in [4.78, 5) is 0. The topological polar surface area (TPSA) is 55.4 Å². The summed E-state index contributed by atoms with van der Waals surface area (Å²) in [5.41, 5.74) is 0. The second kappa shape index (κ2) is 24.4. The SMILES string of the molecule is C.C.C.CCOc1ccc(OCC)c(F)c1F.CCOc1ccc(OCC)c(F)c1F.CCOc1ccc(OCC)c(F)c1F. The summed E-state index contributed by atoms with van der Waals surface area (Å²) in [6.07, 6.45) is 0. The molecule has 3 aromatic carbocycles. The lowest BCUT2D eigenvalue weighted by molar-refractivity contribution is 0.292. The molecule has 0 heterocycles. The molecular weight excluding hydrogens is 606 g/mol. The molecule has 0 aliphatic heterocycles. The van der Waals surface area contributed by atoms with E-state index in [0.29, 0.717) is 39.6 Å². The Morgan fingerprint density at radius 1 is 0.311 bits per heavy atom. The van der Waals surface area contributed by atoms with E-state index in [0.717, 1.165) is 0 Å². The Morgan fingerprint density at radius 3 is 0.511 bits per heavy atom. The summed E-state index contributed by atoms with van der Waals surface area (Å²) in [5.74, 6) is -6.55. The maximum absolute atomic E-state index is 13.2. The van der Waals surface area contributed by atoms with Gasteiger partial charge in [-0.2, -0.15) is 26.3 Å². The van der Waals surface area contributed by atoms with Crippen LogP contribution in [0.15, 0.2) is 36.4 Å². The highest BCUT2D eigenvalue weighted by molar-refractivity contribution is 5.36. The fourth-order valence-electron chi connectivity index (χ4n) is 3.14. The van der Waals surface area contributed by atoms with Gasteiger partial charge in [0.15, 0.2) is 34.5 Å². The summed E-state index contributed by atoms with van der Waals surface area (Å²) in [6.45, 7) is 12.0. The first kappa shape index (κ1) is 45.5. The zero-order valence-corrected chi connectivity index (χ0v) is 24.4. The van der Waals surface area contributed by atoms with Crippen LogP contribution in [0.5, 0.6) is 34.5 Å². The summed E-state index contributed by atoms with van der Waals surface area (Å²) in [5, 5.41) is 0. The largest absolute Gasteiger partial charge is 0.491 e. The highest BCUT2D eigenvalue weighted by atomic mass is 19.2. The summed E-state index contributed by atoms with van der Waals surface area (Å²) in [6, 6.07) is 8.12. The zero-order chi connectivity index (χ0) is 31.7. The van der Waals surface area contributed by atoms with Crippen molar-refractivity contribution in [2.75, 3.05) is 39.6 Å². The number of ether oxygens (including phenoxy) is 6. The minimum absolute atomic E-state index is 0. The molecule has 0 aliphatic carbocycles. The van der Waals surface area contributed by atoms with Crippen LogP contribution in [0.2, 0.25) is 0 Å². The van der Waals surface area contributed by atoms with E-state index in [1.54, 1.807) is 41.5 Å². The second-order valence-electron chi connectivity index (χ2n) is 7.67. The van der Waals surface area contributed by atoms with Crippen molar-refractivity contribution < 1.29 is 54.8 Å². The van der Waals surface area contributed by atoms with E-state index in [2.05, 4.69) is 0 Å². The smallest absolute Gasteiger partial charge is 0.204 e. The molecule has 3 aromatic rings. The van der Waals surface area contributed by atoms with Crippen LogP contribution < -0.4 is 28.4 Å². The van der Waals surface area contributed by atoms with Crippen molar-refractivity contribution in [3.63, 3.8) is 0 Å². The lowest BCUT2D eigenvalue weighted by atomic mass is 10.3. The molecular formula is C33H48F6O6. The number of hydrogen-bond donors (Lipinski definition) is 0. The molecule has 0 aliphatic rings. The van der Waals surface area contributed by atoms with Crippen molar-refractivity contribution in [1.82, 2.24) is 0 Å². The summed E-state index contributed by atoms with van der Waals surface area (Å²) in [7, 11) is 0. The van der Waals surface area contributed by atoms with Crippen LogP contribution in [0, 0.1) is 34.9 Å². The number of rotatable bonds is 12. The Hall–Kier alpha value is -3.96. The van der Waals surface area contributed by atoms with E-state index in [-0.39, 0.29) is 56.8 Å². The standard InChI is InChI=1S/3C10H12F2O2.3CH4/c3*1-3-13-7-5-6-8(14-4-2)10(12)9(7)11;;;/h3*5-6H,3-4H2,1-2H3;3*1H4. The van der Waals surface area contributed by atoms with Gasteiger partial charge >= 0.3 is 0 Å². The van der Waals surface area contributed by atoms with Crippen molar-refractivity contribution >= 4 is 0 Å². The van der Waals surface area contributed by atoms with Gasteiger partial charge in [-0.15, -0.1) is 0 Å². The number of halogens is 6. The molecule has 45 heavy (non-hydrogen) atoms. The van der Waals surface area contributed by atoms with Crippen LogP contribution in [0.25, 0.3) is 0 Å². The normalized spacial score (nSPS) is 9.33. The van der Waals surface area contributed by atoms with Gasteiger partial charge in [0.05, 0.1) is 39.6 Å². The van der Waals surface area contributed by atoms with Crippen molar-refractivity contribution in [1.29, 1.82) is 0 Å². The average Bonchev–Trinajstić information content (AvgIpc) is 2.98. The Bertz CT molecular complexity index is 999. The van der Waals surface area contributed by atoms with E-state index in [1.807, 2.05) is 0 Å². The molecule has 0 amide bonds. The van der Waals surface area contributed by atoms with Gasteiger partial charge in [-0.05, 0) is 77.9 Å². The highest BCUT2D eigenvalue weighted by Crippen LogP contribution is 2.29. The molecule has 6 nitrogen and oxygen atoms in total. The average molecular weight is 655 g/mol. The molecule has 12 heteroatoms. The number of benzene rings is 3. The lowest BCUT2D eigenvalue weighted by Gasteiger charge is -2.08. The predicted molar refractivity (Wildman–Crippen MR) is 166 cm³/mol. The van der Waals surface area contributed by atoms with Crippen LogP contribution in [-0.2, 0) is 0 Å². The van der Waals surface area contributed by atoms with E-state index >= 15 is 0 Å². The van der Waals surface area contributed by atoms with Crippen molar-refractivity contribution in [3.8, 4) is 34.5 Å². The summed E-state index contributed by atoms with van der Waals surface area (Å²) < 4.78 is 108. The molecule has 0 spiro atoms. The van der Waals surface area contributed by atoms with Gasteiger partial charge < -0.3 is 28.4 Å². The first-order valence-electron chi connectivity index (χ1n) is 13.3. The molecule has 0 fully saturated rings. The van der Waals surface area contributed by atoms with E-state index in [1.165, 1.54) is 36.4 Å². The van der Waals surface area contributed by atoms with Gasteiger partial charge in [-0.3, -0.25) is 0 Å². The van der Waals surface area contributed by atoms with E-state index in [9.17, 15) is 26.3 Å². The van der Waals surface area contributed by atoms with Crippen molar-refractivity contribution in [2.45, 2.75) is 63.8 Å². The third-order valence-corrected chi connectivity index (χ3v) is 4.83. The Kier molecular flexibility index (Phi) is 24.6. The minimum atomic E-state index is -1.00. The van der Waals surface area contributed by atoms with Crippen LogP contribution in [0.1, 0.15) is 63.8 Å². The van der Waals surface area contributed by atoms with Gasteiger partial charge in [0.1, 0.15) is 0 Å². The van der Waals surface area contributed by atoms with Crippen LogP contribution >= 0.6 is 0 Å². The lowest BCUT2D eigenvalue weighted by Crippen LogP contribution is -2.00. The minimum Gasteiger partial charge on any atom is -0.491 e. The van der Waals surface area contributed by atoms with E-state index in [4.69, 9.17) is 28.4 Å². The molecule has 0 bridgehead atoms. The molecule has 0 unspecified atom stereocenters. The maximum Gasteiger partial charge on any atom is 0.204 e. The van der Waals surface area contributed by atoms with Crippen molar-refractivity contribution in [2.24, 2.45) is 0 Å². The van der Waals surface area contributed by atoms with Gasteiger partial charge in [-0.25, -0.2) is 0 Å². The quantitative estimate of drug-likeness (QED) is 0.181. The predicted octanol–water partition coefficient (Wildman–Crippen LogP) is 10.2. The monoisotopic (exact) mass is 654 g/mol. The van der Waals surface area contributed by atoms with Crippen LogP contribution in [-0.4, -0.2) is 39.6 Å². The van der Waals surface area contributed by atoms with Crippen molar-refractivity contribution in [3.05, 3.63) is 71.3 Å². The fraction of sp³-hybridized carbons (Fsp3) is 0.455. The maximum atomic E-state index is 13.2. The van der Waals surface area contributed by atoms with Gasteiger partial charge in [0.25, 0.3) is 0 Å². The second-order valence-corrected chi connectivity index (χ2v) is 7.67. The molecule has 3 rings (SSSR count). The Balaban J connectivity index is -0.000000569. The molecule has 0 radical (unpaired) electrons. The van der Waals surface area contributed by atoms with E-state index < -0.39 is 34.9 Å². The molecule has 258 valence electrons. The molecule has 0 saturated heterocycles. The molecule has 0 N–H and O–H groups in total. The number of hydrogen-bond acceptors (Lipinski definition) is 6. The molecule has 0 saturated carbocycles. The molecule has 0 aromatic heterocycles. The third-order valence-electron chi connectivity index (χ3n) is 4.83. The van der Waals surface area contributed by atoms with Crippen LogP contribution in [0.3, 0.4) is 0 Å². The Morgan fingerprint density at radius 2 is 0.422 bits per heavy atom. The zero-order valence-electron chi connectivity index (χ0n) is 24.4. The van der Waals surface area contributed by atoms with Gasteiger partial charge in [0, 0.05) is 0 Å². The fourth-order valence-corrected chi connectivity index (χ4v) is 3.14. The van der Waals surface area contributed by atoms with Gasteiger partial charge in [0.2, 0.25) is 34.9 Å². The molecule has 0 atom stereocenters. The third kappa shape index (κ3) is 13.7. The first-order valence-corrected chi connectivity index (χ1v) is 13.3. The summed E-state index contributed by atoms with van der Waals surface area (Å²) >= 11 is 0. The Labute approximate surface area is 264 Å². The van der Waals surface area contributed by atoms with Gasteiger partial charge in [-0.1, -0.05) is 22.3 Å². The highest BCUT2D eigenvalue weighted by Gasteiger charge is 2.16. The first-order chi connectivity index (χ1) is 20.1. The van der Waals surface area contributed by atoms with Crippen LogP contribution in [0.4, 0.5) is 26.3 Å².